The molecule has 5 heteroatoms. The Balaban J connectivity index is 2.08. The summed E-state index contributed by atoms with van der Waals surface area (Å²) in [6, 6.07) is 0. The highest BCUT2D eigenvalue weighted by atomic mass is 35.5. The molecule has 0 bridgehead atoms. The molecule has 0 heterocycles. The van der Waals surface area contributed by atoms with E-state index < -0.39 is 9.84 Å². The Morgan fingerprint density at radius 3 is 2.65 bits per heavy atom. The van der Waals surface area contributed by atoms with Crippen LogP contribution in [-0.4, -0.2) is 38.4 Å². The molecule has 0 aromatic carbocycles. The maximum absolute atomic E-state index is 11.3. The molecule has 0 aromatic heterocycles. The van der Waals surface area contributed by atoms with E-state index >= 15 is 0 Å². The Kier molecular flexibility index (Phi) is 6.82. The van der Waals surface area contributed by atoms with Crippen LogP contribution in [0.25, 0.3) is 0 Å². The van der Waals surface area contributed by atoms with Crippen LogP contribution in [0.3, 0.4) is 0 Å². The van der Waals surface area contributed by atoms with Crippen molar-refractivity contribution in [3.8, 4) is 0 Å². The van der Waals surface area contributed by atoms with Crippen LogP contribution in [0.4, 0.5) is 0 Å². The highest BCUT2D eigenvalue weighted by Crippen LogP contribution is 2.27. The van der Waals surface area contributed by atoms with E-state index in [1.54, 1.807) is 6.92 Å². The van der Waals surface area contributed by atoms with Crippen LogP contribution < -0.4 is 5.32 Å². The fourth-order valence-electron chi connectivity index (χ4n) is 2.24. The Bertz CT molecular complexity index is 306. The minimum atomic E-state index is -2.80. The molecule has 1 saturated carbocycles. The van der Waals surface area contributed by atoms with Gasteiger partial charge in [0.2, 0.25) is 0 Å². The van der Waals surface area contributed by atoms with Gasteiger partial charge in [0.1, 0.15) is 9.84 Å². The number of nitrogens with one attached hydrogen (secondary N) is 1. The summed E-state index contributed by atoms with van der Waals surface area (Å²) in [6.45, 7) is 3.41. The second-order valence-corrected chi connectivity index (χ2v) is 7.89. The smallest absolute Gasteiger partial charge is 0.150 e. The lowest BCUT2D eigenvalue weighted by molar-refractivity contribution is 0.349. The van der Waals surface area contributed by atoms with E-state index in [-0.39, 0.29) is 5.75 Å². The van der Waals surface area contributed by atoms with Crippen LogP contribution in [0.1, 0.15) is 39.0 Å². The first-order valence-electron chi connectivity index (χ1n) is 6.60. The molecule has 1 aliphatic carbocycles. The number of hydrogen-bond donors (Lipinski definition) is 1. The Morgan fingerprint density at radius 1 is 1.29 bits per heavy atom. The molecule has 1 fully saturated rings. The van der Waals surface area contributed by atoms with E-state index in [0.717, 1.165) is 19.5 Å². The Morgan fingerprint density at radius 2 is 2.00 bits per heavy atom. The van der Waals surface area contributed by atoms with Crippen molar-refractivity contribution in [2.45, 2.75) is 44.4 Å². The monoisotopic (exact) mass is 281 g/mol. The third-order valence-corrected chi connectivity index (χ3v) is 5.84. The number of alkyl halides is 1. The summed E-state index contributed by atoms with van der Waals surface area (Å²) in [6.07, 6.45) is 5.56. The third-order valence-electron chi connectivity index (χ3n) is 3.47. The number of halogens is 1. The molecule has 0 aliphatic heterocycles. The second-order valence-electron chi connectivity index (χ2n) is 4.85. The van der Waals surface area contributed by atoms with Crippen molar-refractivity contribution in [3.63, 3.8) is 0 Å². The molecule has 1 rings (SSSR count). The average molecular weight is 282 g/mol. The quantitative estimate of drug-likeness (QED) is 0.575. The van der Waals surface area contributed by atoms with Crippen LogP contribution in [0.15, 0.2) is 0 Å². The van der Waals surface area contributed by atoms with E-state index in [1.807, 2.05) is 0 Å². The van der Waals surface area contributed by atoms with Crippen molar-refractivity contribution in [3.05, 3.63) is 0 Å². The van der Waals surface area contributed by atoms with Crippen molar-refractivity contribution in [2.24, 2.45) is 5.92 Å². The van der Waals surface area contributed by atoms with Gasteiger partial charge >= 0.3 is 0 Å². The molecule has 1 N–H and O–H groups in total. The highest BCUT2D eigenvalue weighted by molar-refractivity contribution is 7.91. The molecule has 1 aliphatic rings. The van der Waals surface area contributed by atoms with E-state index in [1.165, 1.54) is 19.3 Å². The molecular weight excluding hydrogens is 258 g/mol. The zero-order valence-electron chi connectivity index (χ0n) is 10.6. The summed E-state index contributed by atoms with van der Waals surface area (Å²) in [5.74, 6) is 1.11. The van der Waals surface area contributed by atoms with Crippen LogP contribution in [0.2, 0.25) is 0 Å². The molecule has 2 unspecified atom stereocenters. The minimum Gasteiger partial charge on any atom is -0.316 e. The van der Waals surface area contributed by atoms with Crippen LogP contribution in [0.5, 0.6) is 0 Å². The lowest BCUT2D eigenvalue weighted by Crippen LogP contribution is -2.32. The molecule has 0 amide bonds. The largest absolute Gasteiger partial charge is 0.316 e. The van der Waals surface area contributed by atoms with Gasteiger partial charge in [-0.05, 0) is 38.3 Å². The maximum Gasteiger partial charge on any atom is 0.150 e. The van der Waals surface area contributed by atoms with Crippen molar-refractivity contribution in [1.82, 2.24) is 5.32 Å². The molecule has 0 spiro atoms. The summed E-state index contributed by atoms with van der Waals surface area (Å²) in [5.41, 5.74) is 0. The fraction of sp³-hybridized carbons (Fsp3) is 1.00. The van der Waals surface area contributed by atoms with Crippen LogP contribution in [-0.2, 0) is 9.84 Å². The SMILES string of the molecule is CCS(=O)(=O)CCCNCC1CCCCC1Cl. The van der Waals surface area contributed by atoms with E-state index in [4.69, 9.17) is 11.6 Å². The molecule has 3 nitrogen and oxygen atoms in total. The topological polar surface area (TPSA) is 46.2 Å². The van der Waals surface area contributed by atoms with Crippen molar-refractivity contribution >= 4 is 21.4 Å². The summed E-state index contributed by atoms with van der Waals surface area (Å²) in [4.78, 5) is 0. The van der Waals surface area contributed by atoms with Crippen molar-refractivity contribution in [1.29, 1.82) is 0 Å². The first kappa shape index (κ1) is 15.3. The van der Waals surface area contributed by atoms with Gasteiger partial charge in [-0.15, -0.1) is 11.6 Å². The first-order valence-corrected chi connectivity index (χ1v) is 8.86. The molecule has 17 heavy (non-hydrogen) atoms. The second kappa shape index (κ2) is 7.59. The molecular formula is C12H24ClNO2S. The predicted octanol–water partition coefficient (Wildman–Crippen LogP) is 2.20. The summed E-state index contributed by atoms with van der Waals surface area (Å²) < 4.78 is 22.5. The summed E-state index contributed by atoms with van der Waals surface area (Å²) in [5, 5.41) is 3.63. The minimum absolute atomic E-state index is 0.249. The normalized spacial score (nSPS) is 26.0. The van der Waals surface area contributed by atoms with Crippen molar-refractivity contribution < 1.29 is 8.42 Å². The number of sulfone groups is 1. The lowest BCUT2D eigenvalue weighted by Gasteiger charge is -2.27. The van der Waals surface area contributed by atoms with Crippen LogP contribution >= 0.6 is 11.6 Å². The summed E-state index contributed by atoms with van der Waals surface area (Å²) in [7, 11) is -2.80. The van der Waals surface area contributed by atoms with Gasteiger partial charge in [-0.3, -0.25) is 0 Å². The first-order chi connectivity index (χ1) is 8.05. The van der Waals surface area contributed by atoms with E-state index in [0.29, 0.717) is 23.5 Å². The van der Waals surface area contributed by atoms with Crippen LogP contribution in [0, 0.1) is 5.92 Å². The zero-order chi connectivity index (χ0) is 12.7. The number of rotatable bonds is 7. The van der Waals surface area contributed by atoms with Gasteiger partial charge in [0.15, 0.2) is 0 Å². The molecule has 0 saturated heterocycles. The Hall–Kier alpha value is 0.200. The average Bonchev–Trinajstić information content (AvgIpc) is 2.31. The molecule has 0 radical (unpaired) electrons. The lowest BCUT2D eigenvalue weighted by atomic mass is 9.89. The maximum atomic E-state index is 11.3. The number of hydrogen-bond acceptors (Lipinski definition) is 3. The molecule has 0 aromatic rings. The predicted molar refractivity (Wildman–Crippen MR) is 73.4 cm³/mol. The fourth-order valence-corrected chi connectivity index (χ4v) is 3.48. The van der Waals surface area contributed by atoms with Gasteiger partial charge in [0, 0.05) is 11.1 Å². The standard InChI is InChI=1S/C12H24ClNO2S/c1-2-17(15,16)9-5-8-14-10-11-6-3-4-7-12(11)13/h11-12,14H,2-10H2,1H3. The molecule has 2 atom stereocenters. The third kappa shape index (κ3) is 6.07. The Labute approximate surface area is 110 Å². The van der Waals surface area contributed by atoms with Gasteiger partial charge in [0.05, 0.1) is 5.75 Å². The van der Waals surface area contributed by atoms with Crippen molar-refractivity contribution in [2.75, 3.05) is 24.6 Å². The zero-order valence-corrected chi connectivity index (χ0v) is 12.2. The van der Waals surface area contributed by atoms with Gasteiger partial charge in [0.25, 0.3) is 0 Å². The summed E-state index contributed by atoms with van der Waals surface area (Å²) >= 11 is 6.25. The van der Waals surface area contributed by atoms with Gasteiger partial charge in [-0.2, -0.15) is 0 Å². The van der Waals surface area contributed by atoms with Gasteiger partial charge in [-0.25, -0.2) is 8.42 Å². The molecule has 102 valence electrons. The van der Waals surface area contributed by atoms with Gasteiger partial charge < -0.3 is 5.32 Å². The van der Waals surface area contributed by atoms with E-state index in [9.17, 15) is 8.42 Å². The van der Waals surface area contributed by atoms with E-state index in [2.05, 4.69) is 5.32 Å². The highest BCUT2D eigenvalue weighted by Gasteiger charge is 2.22. The van der Waals surface area contributed by atoms with Gasteiger partial charge in [-0.1, -0.05) is 19.8 Å².